The van der Waals surface area contributed by atoms with Crippen LogP contribution in [-0.2, 0) is 6.54 Å². The Morgan fingerprint density at radius 2 is 1.96 bits per heavy atom. The van der Waals surface area contributed by atoms with Crippen LogP contribution in [0.15, 0.2) is 30.6 Å². The molecule has 8 nitrogen and oxygen atoms in total. The largest absolute Gasteiger partial charge is 0.336 e. The number of rotatable bonds is 6. The Morgan fingerprint density at radius 1 is 1.25 bits per heavy atom. The molecular weight excluding hydrogens is 382 g/mol. The van der Waals surface area contributed by atoms with Crippen LogP contribution in [0.25, 0.3) is 0 Å². The predicted octanol–water partition coefficient (Wildman–Crippen LogP) is 3.03. The summed E-state index contributed by atoms with van der Waals surface area (Å²) in [6.07, 6.45) is 3.83. The fourth-order valence-corrected chi connectivity index (χ4v) is 3.59. The molecule has 1 amide bonds. The molecule has 2 aromatic rings. The zero-order valence-corrected chi connectivity index (χ0v) is 16.8. The minimum Gasteiger partial charge on any atom is -0.336 e. The van der Waals surface area contributed by atoms with E-state index >= 15 is 0 Å². The van der Waals surface area contributed by atoms with Crippen molar-refractivity contribution < 1.29 is 9.72 Å². The number of nitro groups is 1. The second-order valence-corrected chi connectivity index (χ2v) is 7.60. The van der Waals surface area contributed by atoms with Gasteiger partial charge in [-0.15, -0.1) is 0 Å². The molecule has 0 aliphatic carbocycles. The van der Waals surface area contributed by atoms with Crippen LogP contribution >= 0.6 is 11.6 Å². The minimum atomic E-state index is -0.571. The number of hydrogen-bond donors (Lipinski definition) is 0. The molecule has 0 saturated carbocycles. The van der Waals surface area contributed by atoms with Gasteiger partial charge in [-0.3, -0.25) is 19.8 Å². The zero-order valence-electron chi connectivity index (χ0n) is 16.0. The first-order valence-electron chi connectivity index (χ1n) is 9.33. The maximum Gasteiger partial charge on any atom is 0.288 e. The number of aromatic nitrogens is 2. The highest BCUT2D eigenvalue weighted by Gasteiger charge is 2.24. The molecule has 28 heavy (non-hydrogen) atoms. The first-order valence-corrected chi connectivity index (χ1v) is 9.71. The molecule has 1 aromatic heterocycles. The van der Waals surface area contributed by atoms with Gasteiger partial charge in [-0.25, -0.2) is 4.98 Å². The number of carbonyl (C=O) groups is 1. The van der Waals surface area contributed by atoms with Crippen molar-refractivity contribution in [3.05, 3.63) is 57.1 Å². The summed E-state index contributed by atoms with van der Waals surface area (Å²) in [5.74, 6) is 1.27. The van der Waals surface area contributed by atoms with Gasteiger partial charge in [0, 0.05) is 69.2 Å². The van der Waals surface area contributed by atoms with Crippen molar-refractivity contribution >= 4 is 23.2 Å². The summed E-state index contributed by atoms with van der Waals surface area (Å²) in [5, 5.41) is 11.1. The van der Waals surface area contributed by atoms with Gasteiger partial charge in [0.1, 0.15) is 10.8 Å². The number of imidazole rings is 1. The number of nitro benzene ring substituents is 1. The molecule has 0 bridgehead atoms. The van der Waals surface area contributed by atoms with Gasteiger partial charge < -0.3 is 9.47 Å². The van der Waals surface area contributed by atoms with Crippen molar-refractivity contribution in [2.45, 2.75) is 26.3 Å². The Balaban J connectivity index is 1.55. The molecule has 1 fully saturated rings. The van der Waals surface area contributed by atoms with Crippen LogP contribution in [0.2, 0.25) is 5.02 Å². The summed E-state index contributed by atoms with van der Waals surface area (Å²) >= 11 is 5.83. The van der Waals surface area contributed by atoms with Gasteiger partial charge in [0.15, 0.2) is 0 Å². The summed E-state index contributed by atoms with van der Waals surface area (Å²) in [4.78, 5) is 31.6. The third-order valence-corrected chi connectivity index (χ3v) is 5.29. The van der Waals surface area contributed by atoms with Gasteiger partial charge in [-0.2, -0.15) is 0 Å². The molecule has 3 rings (SSSR count). The number of halogens is 1. The lowest BCUT2D eigenvalue weighted by atomic mass is 10.1. The van der Waals surface area contributed by atoms with E-state index in [0.717, 1.165) is 32.0 Å². The van der Waals surface area contributed by atoms with E-state index in [-0.39, 0.29) is 16.6 Å². The molecule has 0 radical (unpaired) electrons. The van der Waals surface area contributed by atoms with E-state index in [0.29, 0.717) is 24.6 Å². The monoisotopic (exact) mass is 405 g/mol. The standard InChI is InChI=1S/C19H24ClN5O3/c1-14(2)18-21-5-6-23(18)10-7-22-8-11-24(12-9-22)19(26)15-3-4-16(20)17(13-15)25(27)28/h3-6,13-14H,7-12H2,1-2H3. The Morgan fingerprint density at radius 3 is 2.61 bits per heavy atom. The first-order chi connectivity index (χ1) is 13.4. The minimum absolute atomic E-state index is 0.0339. The molecule has 150 valence electrons. The molecular formula is C19H24ClN5O3. The molecule has 1 aliphatic rings. The molecule has 0 unspecified atom stereocenters. The van der Waals surface area contributed by atoms with Crippen LogP contribution in [0.4, 0.5) is 5.69 Å². The van der Waals surface area contributed by atoms with Gasteiger partial charge in [-0.1, -0.05) is 25.4 Å². The van der Waals surface area contributed by atoms with Crippen molar-refractivity contribution in [1.82, 2.24) is 19.4 Å². The third-order valence-electron chi connectivity index (χ3n) is 4.97. The molecule has 0 N–H and O–H groups in total. The SMILES string of the molecule is CC(C)c1nccn1CCN1CCN(C(=O)c2ccc(Cl)c([N+](=O)[O-])c2)CC1. The highest BCUT2D eigenvalue weighted by Crippen LogP contribution is 2.26. The average Bonchev–Trinajstić information content (AvgIpc) is 3.15. The van der Waals surface area contributed by atoms with E-state index in [1.807, 2.05) is 12.4 Å². The van der Waals surface area contributed by atoms with E-state index < -0.39 is 4.92 Å². The zero-order chi connectivity index (χ0) is 20.3. The summed E-state index contributed by atoms with van der Waals surface area (Å²) in [6, 6.07) is 4.20. The number of amides is 1. The third kappa shape index (κ3) is 4.51. The summed E-state index contributed by atoms with van der Waals surface area (Å²) in [7, 11) is 0. The first kappa shape index (κ1) is 20.3. The van der Waals surface area contributed by atoms with Gasteiger partial charge in [0.05, 0.1) is 4.92 Å². The molecule has 0 spiro atoms. The predicted molar refractivity (Wildman–Crippen MR) is 107 cm³/mol. The highest BCUT2D eigenvalue weighted by molar-refractivity contribution is 6.32. The van der Waals surface area contributed by atoms with Gasteiger partial charge in [-0.05, 0) is 12.1 Å². The van der Waals surface area contributed by atoms with Crippen LogP contribution < -0.4 is 0 Å². The number of hydrogen-bond acceptors (Lipinski definition) is 5. The Kier molecular flexibility index (Phi) is 6.31. The van der Waals surface area contributed by atoms with E-state index in [1.165, 1.54) is 18.2 Å². The fourth-order valence-electron chi connectivity index (χ4n) is 3.40. The van der Waals surface area contributed by atoms with Crippen molar-refractivity contribution in [3.63, 3.8) is 0 Å². The maximum atomic E-state index is 12.7. The van der Waals surface area contributed by atoms with Crippen LogP contribution in [0, 0.1) is 10.1 Å². The fraction of sp³-hybridized carbons (Fsp3) is 0.474. The van der Waals surface area contributed by atoms with E-state index in [9.17, 15) is 14.9 Å². The number of nitrogens with zero attached hydrogens (tertiary/aromatic N) is 5. The van der Waals surface area contributed by atoms with Crippen molar-refractivity contribution in [1.29, 1.82) is 0 Å². The Bertz CT molecular complexity index is 859. The molecule has 9 heteroatoms. The van der Waals surface area contributed by atoms with Crippen LogP contribution in [0.5, 0.6) is 0 Å². The quantitative estimate of drug-likeness (QED) is 0.544. The summed E-state index contributed by atoms with van der Waals surface area (Å²) in [5.41, 5.74) is 0.0528. The van der Waals surface area contributed by atoms with Crippen LogP contribution in [0.3, 0.4) is 0 Å². The average molecular weight is 406 g/mol. The van der Waals surface area contributed by atoms with E-state index in [1.54, 1.807) is 4.90 Å². The number of carbonyl (C=O) groups excluding carboxylic acids is 1. The van der Waals surface area contributed by atoms with Crippen molar-refractivity contribution in [2.24, 2.45) is 0 Å². The number of benzene rings is 1. The molecule has 1 saturated heterocycles. The lowest BCUT2D eigenvalue weighted by Gasteiger charge is -2.35. The Labute approximate surface area is 168 Å². The maximum absolute atomic E-state index is 12.7. The highest BCUT2D eigenvalue weighted by atomic mass is 35.5. The van der Waals surface area contributed by atoms with Crippen molar-refractivity contribution in [3.8, 4) is 0 Å². The molecule has 2 heterocycles. The van der Waals surface area contributed by atoms with Gasteiger partial charge >= 0.3 is 0 Å². The Hall–Kier alpha value is -2.45. The second-order valence-electron chi connectivity index (χ2n) is 7.19. The second kappa shape index (κ2) is 8.70. The molecule has 0 atom stereocenters. The summed E-state index contributed by atoms with van der Waals surface area (Å²) < 4.78 is 2.18. The van der Waals surface area contributed by atoms with Crippen molar-refractivity contribution in [2.75, 3.05) is 32.7 Å². The topological polar surface area (TPSA) is 84.5 Å². The van der Waals surface area contributed by atoms with Gasteiger partial charge in [0.25, 0.3) is 11.6 Å². The lowest BCUT2D eigenvalue weighted by molar-refractivity contribution is -0.384. The molecule has 1 aromatic carbocycles. The smallest absolute Gasteiger partial charge is 0.288 e. The van der Waals surface area contributed by atoms with E-state index in [2.05, 4.69) is 28.3 Å². The van der Waals surface area contributed by atoms with Gasteiger partial charge in [0.2, 0.25) is 0 Å². The van der Waals surface area contributed by atoms with Crippen LogP contribution in [-0.4, -0.2) is 62.9 Å². The molecule has 1 aliphatic heterocycles. The lowest BCUT2D eigenvalue weighted by Crippen LogP contribution is -2.49. The summed E-state index contributed by atoms with van der Waals surface area (Å²) in [6.45, 7) is 8.75. The van der Waals surface area contributed by atoms with E-state index in [4.69, 9.17) is 11.6 Å². The number of piperazine rings is 1. The van der Waals surface area contributed by atoms with Crippen LogP contribution in [0.1, 0.15) is 35.9 Å². The normalized spacial score (nSPS) is 15.2.